The van der Waals surface area contributed by atoms with Crippen LogP contribution in [0.3, 0.4) is 0 Å². The number of hydrogen-bond donors (Lipinski definition) is 1. The van der Waals surface area contributed by atoms with Crippen LogP contribution in [-0.2, 0) is 6.42 Å². The number of para-hydroxylation sites is 1. The lowest BCUT2D eigenvalue weighted by molar-refractivity contribution is 0.172. The van der Waals surface area contributed by atoms with E-state index in [4.69, 9.17) is 9.47 Å². The quantitative estimate of drug-likeness (QED) is 0.895. The lowest BCUT2D eigenvalue weighted by atomic mass is 10.0. The summed E-state index contributed by atoms with van der Waals surface area (Å²) in [5.41, 5.74) is 1.68. The van der Waals surface area contributed by atoms with E-state index in [1.165, 1.54) is 0 Å². The van der Waals surface area contributed by atoms with Gasteiger partial charge in [-0.3, -0.25) is 4.98 Å². The Balaban J connectivity index is 2.23. The van der Waals surface area contributed by atoms with E-state index in [-0.39, 0.29) is 0 Å². The Bertz CT molecular complexity index is 542. The van der Waals surface area contributed by atoms with Crippen molar-refractivity contribution in [2.75, 3.05) is 14.2 Å². The van der Waals surface area contributed by atoms with E-state index in [1.54, 1.807) is 32.7 Å². The predicted molar refractivity (Wildman–Crippen MR) is 72.4 cm³/mol. The zero-order chi connectivity index (χ0) is 13.7. The smallest absolute Gasteiger partial charge is 0.142 e. The van der Waals surface area contributed by atoms with Crippen LogP contribution >= 0.6 is 0 Å². The molecule has 0 aliphatic heterocycles. The van der Waals surface area contributed by atoms with Gasteiger partial charge in [0, 0.05) is 18.2 Å². The molecule has 1 unspecified atom stereocenters. The molecule has 19 heavy (non-hydrogen) atoms. The topological polar surface area (TPSA) is 51.6 Å². The maximum atomic E-state index is 10.3. The molecule has 100 valence electrons. The van der Waals surface area contributed by atoms with E-state index in [9.17, 15) is 5.11 Å². The Kier molecular flexibility index (Phi) is 4.36. The van der Waals surface area contributed by atoms with Crippen molar-refractivity contribution in [1.29, 1.82) is 0 Å². The van der Waals surface area contributed by atoms with Gasteiger partial charge < -0.3 is 14.6 Å². The van der Waals surface area contributed by atoms with Gasteiger partial charge in [-0.25, -0.2) is 0 Å². The molecule has 4 nitrogen and oxygen atoms in total. The van der Waals surface area contributed by atoms with E-state index >= 15 is 0 Å². The van der Waals surface area contributed by atoms with Crippen molar-refractivity contribution in [1.82, 2.24) is 4.98 Å². The number of aliphatic hydroxyl groups excluding tert-OH is 1. The van der Waals surface area contributed by atoms with Gasteiger partial charge in [0.2, 0.25) is 0 Å². The summed E-state index contributed by atoms with van der Waals surface area (Å²) >= 11 is 0. The summed E-state index contributed by atoms with van der Waals surface area (Å²) in [4.78, 5) is 3.98. The molecule has 0 amide bonds. The normalized spacial score (nSPS) is 11.9. The molecule has 1 aromatic carbocycles. The van der Waals surface area contributed by atoms with Crippen molar-refractivity contribution in [2.45, 2.75) is 12.5 Å². The number of nitrogens with zero attached hydrogens (tertiary/aromatic N) is 1. The first-order valence-corrected chi connectivity index (χ1v) is 6.04. The highest BCUT2D eigenvalue weighted by molar-refractivity contribution is 5.37. The van der Waals surface area contributed by atoms with Gasteiger partial charge >= 0.3 is 0 Å². The molecule has 0 fully saturated rings. The summed E-state index contributed by atoms with van der Waals surface area (Å²) in [5.74, 6) is 1.36. The Labute approximate surface area is 112 Å². The van der Waals surface area contributed by atoms with E-state index in [0.29, 0.717) is 12.2 Å². The molecule has 0 saturated heterocycles. The van der Waals surface area contributed by atoms with Gasteiger partial charge in [0.25, 0.3) is 0 Å². The second-order valence-corrected chi connectivity index (χ2v) is 4.15. The fraction of sp³-hybridized carbons (Fsp3) is 0.267. The molecule has 4 heteroatoms. The molecule has 2 aromatic rings. The minimum atomic E-state index is -0.658. The second kappa shape index (κ2) is 6.20. The van der Waals surface area contributed by atoms with Crippen LogP contribution in [0.4, 0.5) is 0 Å². The lowest BCUT2D eigenvalue weighted by Crippen LogP contribution is -2.05. The molecule has 2 rings (SSSR count). The van der Waals surface area contributed by atoms with Gasteiger partial charge in [0.1, 0.15) is 11.5 Å². The molecule has 1 aromatic heterocycles. The molecular formula is C15H17NO3. The lowest BCUT2D eigenvalue weighted by Gasteiger charge is -2.15. The van der Waals surface area contributed by atoms with Crippen molar-refractivity contribution in [2.24, 2.45) is 0 Å². The first-order chi connectivity index (χ1) is 9.26. The van der Waals surface area contributed by atoms with Crippen LogP contribution in [0.2, 0.25) is 0 Å². The summed E-state index contributed by atoms with van der Waals surface area (Å²) in [6.45, 7) is 0. The summed E-state index contributed by atoms with van der Waals surface area (Å²) in [5, 5.41) is 10.3. The Morgan fingerprint density at radius 3 is 2.58 bits per heavy atom. The number of hydrogen-bond acceptors (Lipinski definition) is 4. The number of aromatic nitrogens is 1. The van der Waals surface area contributed by atoms with Crippen molar-refractivity contribution < 1.29 is 14.6 Å². The van der Waals surface area contributed by atoms with E-state index < -0.39 is 6.10 Å². The highest BCUT2D eigenvalue weighted by Gasteiger charge is 2.15. The fourth-order valence-electron chi connectivity index (χ4n) is 2.03. The molecule has 1 N–H and O–H groups in total. The second-order valence-electron chi connectivity index (χ2n) is 4.15. The van der Waals surface area contributed by atoms with Crippen LogP contribution in [0.25, 0.3) is 0 Å². The summed E-state index contributed by atoms with van der Waals surface area (Å²) in [6.07, 6.45) is 3.04. The van der Waals surface area contributed by atoms with E-state index in [0.717, 1.165) is 16.9 Å². The highest BCUT2D eigenvalue weighted by Crippen LogP contribution is 2.29. The molecule has 0 radical (unpaired) electrons. The number of methoxy groups -OCH3 is 2. The SMILES string of the molecule is COc1ccccc1CC(O)c1ccncc1OC. The maximum absolute atomic E-state index is 10.3. The van der Waals surface area contributed by atoms with Crippen LogP contribution in [0, 0.1) is 0 Å². The average Bonchev–Trinajstić information content (AvgIpc) is 2.47. The Hall–Kier alpha value is -2.07. The van der Waals surface area contributed by atoms with Crippen molar-refractivity contribution in [3.05, 3.63) is 53.9 Å². The van der Waals surface area contributed by atoms with Crippen LogP contribution in [0.5, 0.6) is 11.5 Å². The molecule has 0 saturated carbocycles. The predicted octanol–water partition coefficient (Wildman–Crippen LogP) is 2.37. The van der Waals surface area contributed by atoms with Gasteiger partial charge in [-0.2, -0.15) is 0 Å². The molecule has 1 heterocycles. The van der Waals surface area contributed by atoms with Crippen LogP contribution in [0.15, 0.2) is 42.7 Å². The zero-order valence-electron chi connectivity index (χ0n) is 11.0. The number of aliphatic hydroxyl groups is 1. The molecule has 0 bridgehead atoms. The third kappa shape index (κ3) is 3.03. The number of benzene rings is 1. The minimum Gasteiger partial charge on any atom is -0.496 e. The Morgan fingerprint density at radius 2 is 1.84 bits per heavy atom. The first kappa shape index (κ1) is 13.4. The van der Waals surface area contributed by atoms with E-state index in [2.05, 4.69) is 4.98 Å². The maximum Gasteiger partial charge on any atom is 0.142 e. The molecule has 0 aliphatic carbocycles. The largest absolute Gasteiger partial charge is 0.496 e. The molecule has 1 atom stereocenters. The van der Waals surface area contributed by atoms with Gasteiger partial charge in [-0.15, -0.1) is 0 Å². The van der Waals surface area contributed by atoms with Gasteiger partial charge in [-0.1, -0.05) is 18.2 Å². The summed E-state index contributed by atoms with van der Waals surface area (Å²) in [7, 11) is 3.19. The fourth-order valence-corrected chi connectivity index (χ4v) is 2.03. The van der Waals surface area contributed by atoms with Gasteiger partial charge in [0.05, 0.1) is 26.5 Å². The Morgan fingerprint density at radius 1 is 1.11 bits per heavy atom. The minimum absolute atomic E-state index is 0.463. The first-order valence-electron chi connectivity index (χ1n) is 6.04. The molecular weight excluding hydrogens is 242 g/mol. The van der Waals surface area contributed by atoms with Crippen LogP contribution < -0.4 is 9.47 Å². The monoisotopic (exact) mass is 259 g/mol. The van der Waals surface area contributed by atoms with Gasteiger partial charge in [0.15, 0.2) is 0 Å². The number of rotatable bonds is 5. The van der Waals surface area contributed by atoms with Crippen molar-refractivity contribution >= 4 is 0 Å². The number of pyridine rings is 1. The summed E-state index contributed by atoms with van der Waals surface area (Å²) < 4.78 is 10.5. The van der Waals surface area contributed by atoms with Crippen molar-refractivity contribution in [3.63, 3.8) is 0 Å². The molecule has 0 aliphatic rings. The third-order valence-corrected chi connectivity index (χ3v) is 3.00. The average molecular weight is 259 g/mol. The zero-order valence-corrected chi connectivity index (χ0v) is 11.0. The highest BCUT2D eigenvalue weighted by atomic mass is 16.5. The molecule has 0 spiro atoms. The van der Waals surface area contributed by atoms with Gasteiger partial charge in [-0.05, 0) is 17.7 Å². The van der Waals surface area contributed by atoms with E-state index in [1.807, 2.05) is 24.3 Å². The number of ether oxygens (including phenoxy) is 2. The third-order valence-electron chi connectivity index (χ3n) is 3.00. The standard InChI is InChI=1S/C15H17NO3/c1-18-14-6-4-3-5-11(14)9-13(17)12-7-8-16-10-15(12)19-2/h3-8,10,13,17H,9H2,1-2H3. The van der Waals surface area contributed by atoms with Crippen molar-refractivity contribution in [3.8, 4) is 11.5 Å². The van der Waals surface area contributed by atoms with Crippen LogP contribution in [0.1, 0.15) is 17.2 Å². The van der Waals surface area contributed by atoms with Crippen LogP contribution in [-0.4, -0.2) is 24.3 Å². The summed E-state index contributed by atoms with van der Waals surface area (Å²) in [6, 6.07) is 9.41.